The van der Waals surface area contributed by atoms with Gasteiger partial charge in [0.05, 0.1) is 19.0 Å². The predicted octanol–water partition coefficient (Wildman–Crippen LogP) is 3.04. The molecule has 0 spiro atoms. The van der Waals surface area contributed by atoms with Crippen molar-refractivity contribution in [3.05, 3.63) is 30.5 Å². The molecule has 0 atom stereocenters. The highest BCUT2D eigenvalue weighted by Crippen LogP contribution is 2.30. The molecule has 1 aromatic heterocycles. The van der Waals surface area contributed by atoms with Crippen molar-refractivity contribution in [1.29, 1.82) is 0 Å². The summed E-state index contributed by atoms with van der Waals surface area (Å²) in [6, 6.07) is 8.43. The summed E-state index contributed by atoms with van der Waals surface area (Å²) < 4.78 is 7.35. The fourth-order valence-corrected chi connectivity index (χ4v) is 5.08. The van der Waals surface area contributed by atoms with Crippen LogP contribution in [0, 0.1) is 0 Å². The van der Waals surface area contributed by atoms with Gasteiger partial charge in [0.25, 0.3) is 0 Å². The summed E-state index contributed by atoms with van der Waals surface area (Å²) in [5, 5.41) is 4.28. The highest BCUT2D eigenvalue weighted by molar-refractivity contribution is 8.00. The third-order valence-corrected chi connectivity index (χ3v) is 6.79. The summed E-state index contributed by atoms with van der Waals surface area (Å²) in [6.45, 7) is 2.84. The summed E-state index contributed by atoms with van der Waals surface area (Å²) >= 11 is 1.55. The van der Waals surface area contributed by atoms with Gasteiger partial charge in [0.2, 0.25) is 11.8 Å². The third-order valence-electron chi connectivity index (χ3n) is 5.75. The summed E-state index contributed by atoms with van der Waals surface area (Å²) in [6.07, 6.45) is 7.91. The number of fused-ring (bicyclic) bond motifs is 1. The molecule has 29 heavy (non-hydrogen) atoms. The van der Waals surface area contributed by atoms with Gasteiger partial charge < -0.3 is 19.5 Å². The fraction of sp³-hybridized carbons (Fsp3) is 0.545. The Kier molecular flexibility index (Phi) is 6.77. The summed E-state index contributed by atoms with van der Waals surface area (Å²) in [5.74, 6) is 0.617. The molecule has 1 N–H and O–H groups in total. The van der Waals surface area contributed by atoms with Crippen LogP contribution in [-0.4, -0.2) is 59.4 Å². The molecule has 7 heteroatoms. The predicted molar refractivity (Wildman–Crippen MR) is 115 cm³/mol. The lowest BCUT2D eigenvalue weighted by Crippen LogP contribution is -2.42. The van der Waals surface area contributed by atoms with E-state index in [0.29, 0.717) is 44.6 Å². The van der Waals surface area contributed by atoms with Crippen LogP contribution in [0.5, 0.6) is 0 Å². The number of hydrogen-bond acceptors (Lipinski definition) is 4. The number of nitrogens with one attached hydrogen (secondary N) is 1. The molecule has 6 nitrogen and oxygen atoms in total. The molecule has 1 aliphatic carbocycles. The van der Waals surface area contributed by atoms with E-state index >= 15 is 0 Å². The van der Waals surface area contributed by atoms with Crippen molar-refractivity contribution in [3.8, 4) is 0 Å². The van der Waals surface area contributed by atoms with Crippen molar-refractivity contribution in [3.63, 3.8) is 0 Å². The highest BCUT2D eigenvalue weighted by atomic mass is 32.2. The summed E-state index contributed by atoms with van der Waals surface area (Å²) in [5.41, 5.74) is 1.03. The largest absolute Gasteiger partial charge is 0.378 e. The number of benzene rings is 1. The Balaban J connectivity index is 1.41. The molecule has 2 aromatic rings. The lowest BCUT2D eigenvalue weighted by Gasteiger charge is -2.27. The van der Waals surface area contributed by atoms with Crippen LogP contribution in [-0.2, 0) is 20.9 Å². The number of carbonyl (C=O) groups is 2. The second kappa shape index (κ2) is 9.67. The van der Waals surface area contributed by atoms with Crippen LogP contribution in [0.1, 0.15) is 32.1 Å². The van der Waals surface area contributed by atoms with Gasteiger partial charge in [-0.25, -0.2) is 0 Å². The van der Waals surface area contributed by atoms with E-state index in [0.717, 1.165) is 28.6 Å². The molecule has 4 rings (SSSR count). The van der Waals surface area contributed by atoms with Crippen LogP contribution in [0.25, 0.3) is 10.9 Å². The summed E-state index contributed by atoms with van der Waals surface area (Å²) in [7, 11) is 0. The van der Waals surface area contributed by atoms with E-state index in [2.05, 4.69) is 11.4 Å². The van der Waals surface area contributed by atoms with E-state index in [9.17, 15) is 9.59 Å². The number of aromatic nitrogens is 1. The van der Waals surface area contributed by atoms with Gasteiger partial charge in [-0.1, -0.05) is 37.5 Å². The minimum Gasteiger partial charge on any atom is -0.378 e. The first-order chi connectivity index (χ1) is 14.2. The number of nitrogens with zero attached hydrogens (tertiary/aromatic N) is 2. The van der Waals surface area contributed by atoms with Crippen LogP contribution in [0.4, 0.5) is 0 Å². The number of rotatable bonds is 6. The van der Waals surface area contributed by atoms with Gasteiger partial charge in [-0.3, -0.25) is 9.59 Å². The first kappa shape index (κ1) is 20.3. The molecule has 2 amide bonds. The molecule has 2 aliphatic rings. The highest BCUT2D eigenvalue weighted by Gasteiger charge is 2.20. The van der Waals surface area contributed by atoms with Gasteiger partial charge in [-0.05, 0) is 18.9 Å². The lowest BCUT2D eigenvalue weighted by atomic mass is 9.95. The lowest BCUT2D eigenvalue weighted by molar-refractivity contribution is -0.135. The zero-order valence-corrected chi connectivity index (χ0v) is 17.6. The zero-order valence-electron chi connectivity index (χ0n) is 16.8. The van der Waals surface area contributed by atoms with E-state index < -0.39 is 0 Å². The molecule has 2 fully saturated rings. The number of thioether (sulfide) groups is 1. The minimum absolute atomic E-state index is 0.100. The van der Waals surface area contributed by atoms with Crippen LogP contribution in [0.2, 0.25) is 0 Å². The summed E-state index contributed by atoms with van der Waals surface area (Å²) in [4.78, 5) is 28.0. The van der Waals surface area contributed by atoms with Gasteiger partial charge in [0.15, 0.2) is 0 Å². The first-order valence-corrected chi connectivity index (χ1v) is 11.5. The van der Waals surface area contributed by atoms with Crippen molar-refractivity contribution in [2.45, 2.75) is 49.6 Å². The first-order valence-electron chi connectivity index (χ1n) is 10.6. The van der Waals surface area contributed by atoms with Gasteiger partial charge in [-0.15, -0.1) is 11.8 Å². The second-order valence-corrected chi connectivity index (χ2v) is 8.84. The molecule has 0 unspecified atom stereocenters. The molecule has 156 valence electrons. The normalized spacial score (nSPS) is 18.1. The average Bonchev–Trinajstić information content (AvgIpc) is 3.11. The maximum atomic E-state index is 12.7. The monoisotopic (exact) mass is 415 g/mol. The molecular weight excluding hydrogens is 386 g/mol. The SMILES string of the molecule is O=C(CSc1cn(CC(=O)N2CCOCC2)c2ccccc12)NC1CCCCC1. The van der Waals surface area contributed by atoms with Gasteiger partial charge in [0.1, 0.15) is 6.54 Å². The van der Waals surface area contributed by atoms with Crippen molar-refractivity contribution in [1.82, 2.24) is 14.8 Å². The van der Waals surface area contributed by atoms with E-state index in [4.69, 9.17) is 4.74 Å². The Morgan fingerprint density at radius 3 is 2.66 bits per heavy atom. The third kappa shape index (κ3) is 5.14. The zero-order chi connectivity index (χ0) is 20.1. The topological polar surface area (TPSA) is 63.6 Å². The Hall–Kier alpha value is -1.99. The van der Waals surface area contributed by atoms with Crippen LogP contribution in [0.3, 0.4) is 0 Å². The Morgan fingerprint density at radius 1 is 1.10 bits per heavy atom. The van der Waals surface area contributed by atoms with Gasteiger partial charge >= 0.3 is 0 Å². The smallest absolute Gasteiger partial charge is 0.242 e. The second-order valence-electron chi connectivity index (χ2n) is 7.82. The maximum absolute atomic E-state index is 12.7. The number of ether oxygens (including phenoxy) is 1. The molecule has 1 saturated carbocycles. The number of carbonyl (C=O) groups excluding carboxylic acids is 2. The Bertz CT molecular complexity index is 854. The van der Waals surface area contributed by atoms with Crippen molar-refractivity contribution >= 4 is 34.5 Å². The van der Waals surface area contributed by atoms with Crippen molar-refractivity contribution < 1.29 is 14.3 Å². The Morgan fingerprint density at radius 2 is 1.86 bits per heavy atom. The number of para-hydroxylation sites is 1. The fourth-order valence-electron chi connectivity index (χ4n) is 4.18. The molecule has 0 radical (unpaired) electrons. The molecular formula is C22H29N3O3S. The van der Waals surface area contributed by atoms with Crippen LogP contribution >= 0.6 is 11.8 Å². The Labute approximate surface area is 175 Å². The molecule has 1 aromatic carbocycles. The number of morpholine rings is 1. The van der Waals surface area contributed by atoms with E-state index in [1.807, 2.05) is 33.9 Å². The van der Waals surface area contributed by atoms with Crippen LogP contribution in [0.15, 0.2) is 35.4 Å². The standard InChI is InChI=1S/C22H29N3O3S/c26-21(23-17-6-2-1-3-7-17)16-29-20-14-25(19-9-5-4-8-18(19)20)15-22(27)24-10-12-28-13-11-24/h4-5,8-9,14,17H,1-3,6-7,10-13,15-16H2,(H,23,26). The van der Waals surface area contributed by atoms with Crippen molar-refractivity contribution in [2.24, 2.45) is 0 Å². The van der Waals surface area contributed by atoms with E-state index in [1.165, 1.54) is 19.3 Å². The van der Waals surface area contributed by atoms with E-state index in [-0.39, 0.29) is 11.8 Å². The van der Waals surface area contributed by atoms with E-state index in [1.54, 1.807) is 11.8 Å². The van der Waals surface area contributed by atoms with Crippen molar-refractivity contribution in [2.75, 3.05) is 32.1 Å². The van der Waals surface area contributed by atoms with Crippen LogP contribution < -0.4 is 5.32 Å². The number of hydrogen-bond donors (Lipinski definition) is 1. The minimum atomic E-state index is 0.100. The van der Waals surface area contributed by atoms with Gasteiger partial charge in [-0.2, -0.15) is 0 Å². The maximum Gasteiger partial charge on any atom is 0.242 e. The molecule has 2 heterocycles. The van der Waals surface area contributed by atoms with Gasteiger partial charge in [0, 0.05) is 41.1 Å². The molecule has 1 saturated heterocycles. The molecule has 1 aliphatic heterocycles. The molecule has 0 bridgehead atoms. The quantitative estimate of drug-likeness (QED) is 0.737. The average molecular weight is 416 g/mol. The number of amides is 2.